The molecule has 0 aliphatic heterocycles. The summed E-state index contributed by atoms with van der Waals surface area (Å²) >= 11 is 7.23. The topological polar surface area (TPSA) is 98.2 Å². The van der Waals surface area contributed by atoms with Crippen molar-refractivity contribution in [3.05, 3.63) is 57.3 Å². The molecule has 0 saturated carbocycles. The van der Waals surface area contributed by atoms with Crippen molar-refractivity contribution in [3.63, 3.8) is 0 Å². The van der Waals surface area contributed by atoms with Gasteiger partial charge in [-0.05, 0) is 30.7 Å². The summed E-state index contributed by atoms with van der Waals surface area (Å²) in [7, 11) is 0. The Morgan fingerprint density at radius 2 is 2.04 bits per heavy atom. The van der Waals surface area contributed by atoms with Gasteiger partial charge in [-0.25, -0.2) is 4.98 Å². The number of benzene rings is 1. The number of aryl methyl sites for hydroxylation is 1. The minimum atomic E-state index is -0.165. The van der Waals surface area contributed by atoms with Crippen LogP contribution < -0.4 is 10.9 Å². The van der Waals surface area contributed by atoms with E-state index in [1.54, 1.807) is 12.1 Å². The van der Waals surface area contributed by atoms with Gasteiger partial charge in [0.2, 0.25) is 21.8 Å². The second-order valence-corrected chi connectivity index (χ2v) is 7.53. The molecule has 4 aromatic rings. The van der Waals surface area contributed by atoms with Gasteiger partial charge in [-0.1, -0.05) is 41.4 Å². The average molecular weight is 417 g/mol. The van der Waals surface area contributed by atoms with Gasteiger partial charge in [0, 0.05) is 35.3 Å². The lowest BCUT2D eigenvalue weighted by Crippen LogP contribution is -2.15. The molecule has 0 radical (unpaired) electrons. The maximum atomic E-state index is 12.1. The van der Waals surface area contributed by atoms with Gasteiger partial charge in [0.05, 0.1) is 0 Å². The zero-order chi connectivity index (χ0) is 19.5. The molecule has 144 valence electrons. The molecule has 3 aromatic heterocycles. The molecule has 8 nitrogen and oxygen atoms in total. The quantitative estimate of drug-likeness (QED) is 0.492. The Morgan fingerprint density at radius 1 is 1.21 bits per heavy atom. The molecule has 10 heteroatoms. The lowest BCUT2D eigenvalue weighted by molar-refractivity contribution is 0.381. The van der Waals surface area contributed by atoms with E-state index in [-0.39, 0.29) is 5.56 Å². The maximum Gasteiger partial charge on any atom is 0.275 e. The monoisotopic (exact) mass is 416 g/mol. The first-order chi connectivity index (χ1) is 13.6. The highest BCUT2D eigenvalue weighted by Gasteiger charge is 2.11. The average Bonchev–Trinajstić information content (AvgIpc) is 3.30. The second-order valence-electron chi connectivity index (χ2n) is 6.13. The predicted molar refractivity (Wildman–Crippen MR) is 108 cm³/mol. The van der Waals surface area contributed by atoms with Crippen LogP contribution in [0.5, 0.6) is 0 Å². The lowest BCUT2D eigenvalue weighted by Gasteiger charge is -1.97. The van der Waals surface area contributed by atoms with Crippen LogP contribution >= 0.6 is 22.9 Å². The van der Waals surface area contributed by atoms with E-state index in [0.29, 0.717) is 39.8 Å². The van der Waals surface area contributed by atoms with Gasteiger partial charge in [0.1, 0.15) is 0 Å². The molecule has 1 N–H and O–H groups in total. The van der Waals surface area contributed by atoms with Crippen molar-refractivity contribution in [3.8, 4) is 11.4 Å². The zero-order valence-electron chi connectivity index (χ0n) is 15.1. The Bertz CT molecular complexity index is 1150. The van der Waals surface area contributed by atoms with Gasteiger partial charge < -0.3 is 9.84 Å². The number of anilines is 1. The predicted octanol–water partition coefficient (Wildman–Crippen LogP) is 3.46. The number of fused-ring (bicyclic) bond motifs is 1. The lowest BCUT2D eigenvalue weighted by atomic mass is 10.2. The summed E-state index contributed by atoms with van der Waals surface area (Å²) in [6.07, 6.45) is 2.24. The molecule has 4 rings (SSSR count). The van der Waals surface area contributed by atoms with Crippen LogP contribution in [0.1, 0.15) is 24.9 Å². The highest BCUT2D eigenvalue weighted by Crippen LogP contribution is 2.19. The summed E-state index contributed by atoms with van der Waals surface area (Å²) < 4.78 is 6.61. The smallest absolute Gasteiger partial charge is 0.275 e. The molecule has 0 aliphatic rings. The van der Waals surface area contributed by atoms with Crippen molar-refractivity contribution in [2.75, 3.05) is 11.9 Å². The van der Waals surface area contributed by atoms with Crippen LogP contribution in [0.3, 0.4) is 0 Å². The van der Waals surface area contributed by atoms with E-state index in [2.05, 4.69) is 32.5 Å². The van der Waals surface area contributed by atoms with Crippen LogP contribution in [0.25, 0.3) is 16.3 Å². The first-order valence-electron chi connectivity index (χ1n) is 8.84. The maximum absolute atomic E-state index is 12.1. The highest BCUT2D eigenvalue weighted by atomic mass is 35.5. The van der Waals surface area contributed by atoms with Crippen molar-refractivity contribution >= 4 is 33.0 Å². The van der Waals surface area contributed by atoms with Gasteiger partial charge in [-0.2, -0.15) is 9.50 Å². The summed E-state index contributed by atoms with van der Waals surface area (Å²) in [5, 5.41) is 12.7. The van der Waals surface area contributed by atoms with Gasteiger partial charge >= 0.3 is 0 Å². The Labute approximate surface area is 169 Å². The van der Waals surface area contributed by atoms with Crippen molar-refractivity contribution < 1.29 is 4.52 Å². The third-order valence-electron chi connectivity index (χ3n) is 3.99. The van der Waals surface area contributed by atoms with E-state index in [4.69, 9.17) is 16.1 Å². The van der Waals surface area contributed by atoms with Crippen LogP contribution in [-0.2, 0) is 12.8 Å². The molecule has 1 aromatic carbocycles. The van der Waals surface area contributed by atoms with Crippen molar-refractivity contribution in [1.29, 1.82) is 0 Å². The van der Waals surface area contributed by atoms with Crippen molar-refractivity contribution in [2.24, 2.45) is 0 Å². The van der Waals surface area contributed by atoms with Gasteiger partial charge in [0.25, 0.3) is 5.56 Å². The summed E-state index contributed by atoms with van der Waals surface area (Å²) in [6, 6.07) is 8.78. The number of halogens is 1. The van der Waals surface area contributed by atoms with Crippen LogP contribution in [0.2, 0.25) is 5.02 Å². The fourth-order valence-corrected chi connectivity index (χ4v) is 3.64. The van der Waals surface area contributed by atoms with Gasteiger partial charge in [-0.15, -0.1) is 5.10 Å². The van der Waals surface area contributed by atoms with Crippen molar-refractivity contribution in [1.82, 2.24) is 24.7 Å². The van der Waals surface area contributed by atoms with E-state index >= 15 is 0 Å². The number of nitrogens with zero attached hydrogens (tertiary/aromatic N) is 5. The van der Waals surface area contributed by atoms with E-state index in [9.17, 15) is 4.79 Å². The summed E-state index contributed by atoms with van der Waals surface area (Å²) in [6.45, 7) is 2.59. The van der Waals surface area contributed by atoms with Gasteiger partial charge in [-0.3, -0.25) is 4.79 Å². The SMILES string of the molecule is CCCc1cc(=O)n2nc(NCCc3nc(-c4ccc(Cl)cc4)no3)sc2n1. The van der Waals surface area contributed by atoms with E-state index in [1.165, 1.54) is 21.9 Å². The molecule has 0 spiro atoms. The Morgan fingerprint density at radius 3 is 2.82 bits per heavy atom. The minimum Gasteiger partial charge on any atom is -0.360 e. The van der Waals surface area contributed by atoms with Gasteiger partial charge in [0.15, 0.2) is 0 Å². The molecular weight excluding hydrogens is 400 g/mol. The Hall–Kier alpha value is -2.78. The first kappa shape index (κ1) is 18.6. The second kappa shape index (κ2) is 8.07. The number of nitrogens with one attached hydrogen (secondary N) is 1. The van der Waals surface area contributed by atoms with E-state index in [0.717, 1.165) is 24.1 Å². The third kappa shape index (κ3) is 4.05. The van der Waals surface area contributed by atoms with Crippen molar-refractivity contribution in [2.45, 2.75) is 26.2 Å². The number of rotatable bonds is 7. The number of aromatic nitrogens is 5. The summed E-state index contributed by atoms with van der Waals surface area (Å²) in [5.74, 6) is 1.03. The fourth-order valence-electron chi connectivity index (χ4n) is 2.66. The molecule has 3 heterocycles. The van der Waals surface area contributed by atoms with Crippen LogP contribution in [0.15, 0.2) is 39.6 Å². The molecule has 28 heavy (non-hydrogen) atoms. The number of hydrogen-bond donors (Lipinski definition) is 1. The first-order valence-corrected chi connectivity index (χ1v) is 10.0. The normalized spacial score (nSPS) is 11.2. The molecule has 0 amide bonds. The van der Waals surface area contributed by atoms with Crippen LogP contribution in [0.4, 0.5) is 5.13 Å². The zero-order valence-corrected chi connectivity index (χ0v) is 16.6. The Kier molecular flexibility index (Phi) is 5.36. The minimum absolute atomic E-state index is 0.165. The molecule has 0 unspecified atom stereocenters. The summed E-state index contributed by atoms with van der Waals surface area (Å²) in [4.78, 5) is 21.6. The summed E-state index contributed by atoms with van der Waals surface area (Å²) in [5.41, 5.74) is 1.47. The molecule has 0 aliphatic carbocycles. The van der Waals surface area contributed by atoms with E-state index < -0.39 is 0 Å². The highest BCUT2D eigenvalue weighted by molar-refractivity contribution is 7.20. The standard InChI is InChI=1S/C18H17ClN6O2S/c1-2-3-13-10-15(26)25-18(21-13)28-17(23-25)20-9-8-14-22-16(24-27-14)11-4-6-12(19)7-5-11/h4-7,10H,2-3,8-9H2,1H3,(H,20,23). The Balaban J connectivity index is 1.41. The third-order valence-corrected chi connectivity index (χ3v) is 5.11. The molecule has 0 saturated heterocycles. The molecule has 0 bridgehead atoms. The number of hydrogen-bond acceptors (Lipinski definition) is 8. The molecule has 0 atom stereocenters. The van der Waals surface area contributed by atoms with Crippen LogP contribution in [-0.4, -0.2) is 31.3 Å². The largest absolute Gasteiger partial charge is 0.360 e. The van der Waals surface area contributed by atoms with E-state index in [1.807, 2.05) is 12.1 Å². The fraction of sp³-hybridized carbons (Fsp3) is 0.278. The molecule has 0 fully saturated rings. The molecular formula is C18H17ClN6O2S. The van der Waals surface area contributed by atoms with Crippen LogP contribution in [0, 0.1) is 0 Å².